The fourth-order valence-electron chi connectivity index (χ4n) is 1.16. The second kappa shape index (κ2) is 5.86. The lowest BCUT2D eigenvalue weighted by atomic mass is 9.94. The SMILES string of the molecule is CC(C)CNCC(C)(C)COC(C)(C)C. The summed E-state index contributed by atoms with van der Waals surface area (Å²) in [4.78, 5) is 0. The monoisotopic (exact) mass is 215 g/mol. The van der Waals surface area contributed by atoms with Gasteiger partial charge in [0.05, 0.1) is 12.2 Å². The van der Waals surface area contributed by atoms with E-state index >= 15 is 0 Å². The molecule has 0 bridgehead atoms. The Bertz CT molecular complexity index is 168. The molecule has 0 aliphatic rings. The first-order valence-corrected chi connectivity index (χ1v) is 5.97. The van der Waals surface area contributed by atoms with Gasteiger partial charge in [0.1, 0.15) is 0 Å². The third-order valence-corrected chi connectivity index (χ3v) is 2.05. The molecule has 0 saturated heterocycles. The molecular formula is C13H29NO. The number of nitrogens with one attached hydrogen (secondary N) is 1. The maximum atomic E-state index is 5.81. The summed E-state index contributed by atoms with van der Waals surface area (Å²) in [6.07, 6.45) is 0. The minimum atomic E-state index is -0.0324. The molecule has 0 amide bonds. The number of hydrogen-bond donors (Lipinski definition) is 1. The second-order valence-electron chi connectivity index (χ2n) is 6.59. The van der Waals surface area contributed by atoms with Crippen LogP contribution in [0.3, 0.4) is 0 Å². The van der Waals surface area contributed by atoms with Gasteiger partial charge in [0, 0.05) is 12.0 Å². The van der Waals surface area contributed by atoms with Gasteiger partial charge in [0.15, 0.2) is 0 Å². The molecule has 2 heteroatoms. The predicted octanol–water partition coefficient (Wildman–Crippen LogP) is 3.07. The zero-order chi connectivity index (χ0) is 12.1. The molecule has 0 heterocycles. The molecule has 0 aromatic rings. The van der Waals surface area contributed by atoms with Gasteiger partial charge >= 0.3 is 0 Å². The Labute approximate surface area is 95.8 Å². The van der Waals surface area contributed by atoms with Gasteiger partial charge in [-0.05, 0) is 33.2 Å². The van der Waals surface area contributed by atoms with E-state index < -0.39 is 0 Å². The fraction of sp³-hybridized carbons (Fsp3) is 1.00. The van der Waals surface area contributed by atoms with E-state index in [1.54, 1.807) is 0 Å². The number of rotatable bonds is 6. The molecule has 0 aromatic heterocycles. The highest BCUT2D eigenvalue weighted by atomic mass is 16.5. The third-order valence-electron chi connectivity index (χ3n) is 2.05. The Morgan fingerprint density at radius 2 is 1.60 bits per heavy atom. The lowest BCUT2D eigenvalue weighted by Gasteiger charge is -2.30. The van der Waals surface area contributed by atoms with E-state index in [0.717, 1.165) is 19.7 Å². The van der Waals surface area contributed by atoms with Crippen molar-refractivity contribution in [2.75, 3.05) is 19.7 Å². The van der Waals surface area contributed by atoms with E-state index in [1.165, 1.54) is 0 Å². The maximum Gasteiger partial charge on any atom is 0.0598 e. The minimum absolute atomic E-state index is 0.0324. The van der Waals surface area contributed by atoms with Crippen molar-refractivity contribution < 1.29 is 4.74 Å². The highest BCUT2D eigenvalue weighted by Gasteiger charge is 2.21. The smallest absolute Gasteiger partial charge is 0.0598 e. The van der Waals surface area contributed by atoms with Gasteiger partial charge in [-0.3, -0.25) is 0 Å². The average Bonchev–Trinajstić information content (AvgIpc) is 1.99. The summed E-state index contributed by atoms with van der Waals surface area (Å²) in [6, 6.07) is 0. The molecule has 0 radical (unpaired) electrons. The van der Waals surface area contributed by atoms with Crippen LogP contribution in [-0.4, -0.2) is 25.3 Å². The van der Waals surface area contributed by atoms with Gasteiger partial charge in [-0.1, -0.05) is 27.7 Å². The van der Waals surface area contributed by atoms with Crippen molar-refractivity contribution in [2.24, 2.45) is 11.3 Å². The molecule has 92 valence electrons. The van der Waals surface area contributed by atoms with Crippen LogP contribution in [0.25, 0.3) is 0 Å². The van der Waals surface area contributed by atoms with Crippen molar-refractivity contribution >= 4 is 0 Å². The van der Waals surface area contributed by atoms with Crippen LogP contribution < -0.4 is 5.32 Å². The molecule has 0 rings (SSSR count). The molecule has 0 aliphatic heterocycles. The van der Waals surface area contributed by atoms with E-state index in [-0.39, 0.29) is 11.0 Å². The fourth-order valence-corrected chi connectivity index (χ4v) is 1.16. The van der Waals surface area contributed by atoms with Crippen LogP contribution in [0.1, 0.15) is 48.5 Å². The average molecular weight is 215 g/mol. The summed E-state index contributed by atoms with van der Waals surface area (Å²) in [5.41, 5.74) is 0.178. The summed E-state index contributed by atoms with van der Waals surface area (Å²) in [7, 11) is 0. The Balaban J connectivity index is 3.77. The minimum Gasteiger partial charge on any atom is -0.375 e. The summed E-state index contributed by atoms with van der Waals surface area (Å²) < 4.78 is 5.81. The molecular weight excluding hydrogens is 186 g/mol. The van der Waals surface area contributed by atoms with Crippen molar-refractivity contribution in [3.05, 3.63) is 0 Å². The first kappa shape index (κ1) is 14.9. The Morgan fingerprint density at radius 3 is 2.00 bits per heavy atom. The van der Waals surface area contributed by atoms with E-state index in [9.17, 15) is 0 Å². The van der Waals surface area contributed by atoms with E-state index in [4.69, 9.17) is 4.74 Å². The molecule has 0 aromatic carbocycles. The summed E-state index contributed by atoms with van der Waals surface area (Å²) >= 11 is 0. The topological polar surface area (TPSA) is 21.3 Å². The summed E-state index contributed by atoms with van der Waals surface area (Å²) in [5, 5.41) is 3.48. The largest absolute Gasteiger partial charge is 0.375 e. The van der Waals surface area contributed by atoms with Gasteiger partial charge in [-0.15, -0.1) is 0 Å². The quantitative estimate of drug-likeness (QED) is 0.735. The van der Waals surface area contributed by atoms with Gasteiger partial charge in [0.25, 0.3) is 0 Å². The molecule has 0 saturated carbocycles. The van der Waals surface area contributed by atoms with Crippen molar-refractivity contribution in [3.63, 3.8) is 0 Å². The second-order valence-corrected chi connectivity index (χ2v) is 6.59. The molecule has 0 atom stereocenters. The van der Waals surface area contributed by atoms with E-state index in [0.29, 0.717) is 5.92 Å². The zero-order valence-electron chi connectivity index (χ0n) is 11.6. The third kappa shape index (κ3) is 10.2. The van der Waals surface area contributed by atoms with Gasteiger partial charge in [-0.2, -0.15) is 0 Å². The van der Waals surface area contributed by atoms with Crippen LogP contribution in [0.2, 0.25) is 0 Å². The molecule has 1 N–H and O–H groups in total. The highest BCUT2D eigenvalue weighted by molar-refractivity contribution is 4.73. The van der Waals surface area contributed by atoms with Gasteiger partial charge in [-0.25, -0.2) is 0 Å². The highest BCUT2D eigenvalue weighted by Crippen LogP contribution is 2.18. The van der Waals surface area contributed by atoms with Crippen molar-refractivity contribution in [1.29, 1.82) is 0 Å². The standard InChI is InChI=1S/C13H29NO/c1-11(2)8-14-9-13(6,7)10-15-12(3,4)5/h11,14H,8-10H2,1-7H3. The Morgan fingerprint density at radius 1 is 1.07 bits per heavy atom. The van der Waals surface area contributed by atoms with Crippen LogP contribution in [0, 0.1) is 11.3 Å². The maximum absolute atomic E-state index is 5.81. The lowest BCUT2D eigenvalue weighted by Crippen LogP contribution is -2.37. The van der Waals surface area contributed by atoms with Gasteiger partial charge < -0.3 is 10.1 Å². The predicted molar refractivity (Wildman–Crippen MR) is 67.2 cm³/mol. The van der Waals surface area contributed by atoms with Crippen molar-refractivity contribution in [3.8, 4) is 0 Å². The van der Waals surface area contributed by atoms with Crippen LogP contribution >= 0.6 is 0 Å². The van der Waals surface area contributed by atoms with E-state index in [1.807, 2.05) is 0 Å². The summed E-state index contributed by atoms with van der Waals surface area (Å²) in [5.74, 6) is 0.712. The Kier molecular flexibility index (Phi) is 5.82. The molecule has 0 fully saturated rings. The number of hydrogen-bond acceptors (Lipinski definition) is 2. The van der Waals surface area contributed by atoms with Crippen molar-refractivity contribution in [1.82, 2.24) is 5.32 Å². The van der Waals surface area contributed by atoms with Crippen molar-refractivity contribution in [2.45, 2.75) is 54.1 Å². The van der Waals surface area contributed by atoms with Gasteiger partial charge in [0.2, 0.25) is 0 Å². The normalized spacial score (nSPS) is 13.6. The van der Waals surface area contributed by atoms with E-state index in [2.05, 4.69) is 53.8 Å². The van der Waals surface area contributed by atoms with Crippen LogP contribution in [0.4, 0.5) is 0 Å². The lowest BCUT2D eigenvalue weighted by molar-refractivity contribution is -0.0424. The molecule has 0 aliphatic carbocycles. The molecule has 0 spiro atoms. The Hall–Kier alpha value is -0.0800. The first-order chi connectivity index (χ1) is 6.62. The summed E-state index contributed by atoms with van der Waals surface area (Å²) in [6.45, 7) is 18.1. The zero-order valence-corrected chi connectivity index (χ0v) is 11.6. The number of ether oxygens (including phenoxy) is 1. The molecule has 2 nitrogen and oxygen atoms in total. The molecule has 15 heavy (non-hydrogen) atoms. The van der Waals surface area contributed by atoms with Crippen LogP contribution in [0.5, 0.6) is 0 Å². The molecule has 0 unspecified atom stereocenters. The van der Waals surface area contributed by atoms with Crippen LogP contribution in [0.15, 0.2) is 0 Å². The first-order valence-electron chi connectivity index (χ1n) is 5.97. The van der Waals surface area contributed by atoms with Crippen LogP contribution in [-0.2, 0) is 4.74 Å².